The summed E-state index contributed by atoms with van der Waals surface area (Å²) in [5.74, 6) is -2.02. The largest absolute Gasteiger partial charge is 0.573 e. The van der Waals surface area contributed by atoms with Gasteiger partial charge in [-0.3, -0.25) is 0 Å². The summed E-state index contributed by atoms with van der Waals surface area (Å²) in [6.07, 6.45) is -1.24. The summed E-state index contributed by atoms with van der Waals surface area (Å²) >= 11 is 0. The summed E-state index contributed by atoms with van der Waals surface area (Å²) < 4.78 is 53.2. The molecule has 3 nitrogen and oxygen atoms in total. The Bertz CT molecular complexity index is 737. The summed E-state index contributed by atoms with van der Waals surface area (Å²) in [6.45, 7) is 2.05. The quantitative estimate of drug-likeness (QED) is 0.440. The normalized spacial score (nSPS) is 12.2. The van der Waals surface area contributed by atoms with Crippen LogP contribution in [0.2, 0.25) is 0 Å². The molecule has 0 atom stereocenters. The lowest BCUT2D eigenvalue weighted by Crippen LogP contribution is -2.18. The minimum Gasteiger partial charge on any atom is -0.403 e. The van der Waals surface area contributed by atoms with E-state index in [2.05, 4.69) is 21.9 Å². The molecule has 0 bridgehead atoms. The number of benzene rings is 2. The van der Waals surface area contributed by atoms with E-state index in [9.17, 15) is 17.6 Å². The van der Waals surface area contributed by atoms with E-state index < -0.39 is 17.9 Å². The highest BCUT2D eigenvalue weighted by Gasteiger charge is 2.32. The maximum Gasteiger partial charge on any atom is 0.573 e. The number of halogens is 4. The zero-order chi connectivity index (χ0) is 17.6. The highest BCUT2D eigenvalue weighted by molar-refractivity contribution is 5.82. The standard InChI is InChI=1S/C17H14F4N2O/c1-2-12-3-5-13(6-4-12)10-22-23-11-14-7-8-16(15(18)9-14)24-17(19,20)21/h3-11H,2H2,1H3. The van der Waals surface area contributed by atoms with Crippen LogP contribution in [0.4, 0.5) is 17.6 Å². The molecule has 0 spiro atoms. The third kappa shape index (κ3) is 5.49. The lowest BCUT2D eigenvalue weighted by atomic mass is 10.1. The Kier molecular flexibility index (Phi) is 5.68. The fraction of sp³-hybridized carbons (Fsp3) is 0.176. The lowest BCUT2D eigenvalue weighted by Gasteiger charge is -2.09. The topological polar surface area (TPSA) is 34.0 Å². The van der Waals surface area contributed by atoms with Crippen LogP contribution in [0.5, 0.6) is 5.75 Å². The van der Waals surface area contributed by atoms with Gasteiger partial charge in [0.25, 0.3) is 0 Å². The molecule has 0 saturated carbocycles. The Hall–Kier alpha value is -2.70. The van der Waals surface area contributed by atoms with Crippen LogP contribution in [0.1, 0.15) is 23.6 Å². The van der Waals surface area contributed by atoms with Gasteiger partial charge >= 0.3 is 6.36 Å². The van der Waals surface area contributed by atoms with Gasteiger partial charge in [-0.25, -0.2) is 4.39 Å². The van der Waals surface area contributed by atoms with Crippen molar-refractivity contribution in [3.63, 3.8) is 0 Å². The van der Waals surface area contributed by atoms with Gasteiger partial charge in [0.2, 0.25) is 0 Å². The Morgan fingerprint density at radius 2 is 1.54 bits per heavy atom. The molecule has 0 heterocycles. The van der Waals surface area contributed by atoms with Crippen molar-refractivity contribution in [2.75, 3.05) is 0 Å². The average molecular weight is 338 g/mol. The van der Waals surface area contributed by atoms with Crippen molar-refractivity contribution < 1.29 is 22.3 Å². The van der Waals surface area contributed by atoms with Crippen LogP contribution in [0, 0.1) is 5.82 Å². The molecule has 0 aliphatic rings. The van der Waals surface area contributed by atoms with E-state index >= 15 is 0 Å². The monoisotopic (exact) mass is 338 g/mol. The predicted molar refractivity (Wildman–Crippen MR) is 84.1 cm³/mol. The predicted octanol–water partition coefficient (Wildman–Crippen LogP) is 4.74. The Morgan fingerprint density at radius 1 is 0.958 bits per heavy atom. The van der Waals surface area contributed by atoms with Crippen molar-refractivity contribution >= 4 is 12.4 Å². The zero-order valence-electron chi connectivity index (χ0n) is 12.7. The maximum atomic E-state index is 13.5. The van der Waals surface area contributed by atoms with Crippen LogP contribution < -0.4 is 4.74 Å². The van der Waals surface area contributed by atoms with Crippen LogP contribution >= 0.6 is 0 Å². The molecular formula is C17H14F4N2O. The van der Waals surface area contributed by atoms with Crippen molar-refractivity contribution in [2.24, 2.45) is 10.2 Å². The molecule has 0 N–H and O–H groups in total. The molecule has 24 heavy (non-hydrogen) atoms. The van der Waals surface area contributed by atoms with E-state index in [1.54, 1.807) is 0 Å². The van der Waals surface area contributed by atoms with Crippen molar-refractivity contribution in [2.45, 2.75) is 19.7 Å². The number of ether oxygens (including phenoxy) is 1. The van der Waals surface area contributed by atoms with Gasteiger partial charge in [0.05, 0.1) is 12.4 Å². The van der Waals surface area contributed by atoms with Crippen LogP contribution in [0.25, 0.3) is 0 Å². The Balaban J connectivity index is 2.01. The molecule has 0 radical (unpaired) electrons. The molecule has 0 aliphatic carbocycles. The lowest BCUT2D eigenvalue weighted by molar-refractivity contribution is -0.275. The molecule has 2 aromatic rings. The van der Waals surface area contributed by atoms with Gasteiger partial charge in [-0.2, -0.15) is 10.2 Å². The van der Waals surface area contributed by atoms with Gasteiger partial charge in [0.15, 0.2) is 11.6 Å². The summed E-state index contributed by atoms with van der Waals surface area (Å²) in [4.78, 5) is 0. The molecular weight excluding hydrogens is 324 g/mol. The second-order valence-electron chi connectivity index (χ2n) is 4.82. The first kappa shape index (κ1) is 17.7. The molecule has 126 valence electrons. The highest BCUT2D eigenvalue weighted by atomic mass is 19.4. The molecule has 0 saturated heterocycles. The second kappa shape index (κ2) is 7.72. The van der Waals surface area contributed by atoms with Crippen molar-refractivity contribution in [3.05, 3.63) is 65.0 Å². The summed E-state index contributed by atoms with van der Waals surface area (Å²) in [5.41, 5.74) is 2.32. The number of hydrogen-bond acceptors (Lipinski definition) is 3. The van der Waals surface area contributed by atoms with Crippen molar-refractivity contribution in [3.8, 4) is 5.75 Å². The molecule has 2 rings (SSSR count). The number of aryl methyl sites for hydroxylation is 1. The van der Waals surface area contributed by atoms with E-state index in [0.717, 1.165) is 24.1 Å². The molecule has 0 aromatic heterocycles. The van der Waals surface area contributed by atoms with Gasteiger partial charge in [-0.05, 0) is 41.3 Å². The number of nitrogens with zero attached hydrogens (tertiary/aromatic N) is 2. The minimum atomic E-state index is -4.94. The number of rotatable bonds is 5. The zero-order valence-corrected chi connectivity index (χ0v) is 12.7. The van der Waals surface area contributed by atoms with Crippen LogP contribution in [-0.2, 0) is 6.42 Å². The van der Waals surface area contributed by atoms with E-state index in [4.69, 9.17) is 0 Å². The summed E-state index contributed by atoms with van der Waals surface area (Å²) in [7, 11) is 0. The fourth-order valence-electron chi connectivity index (χ4n) is 1.84. The van der Waals surface area contributed by atoms with Crippen LogP contribution in [0.15, 0.2) is 52.7 Å². The molecule has 2 aromatic carbocycles. The maximum absolute atomic E-state index is 13.5. The van der Waals surface area contributed by atoms with Gasteiger partial charge in [0, 0.05) is 0 Å². The third-order valence-electron chi connectivity index (χ3n) is 3.05. The molecule has 0 amide bonds. The first-order chi connectivity index (χ1) is 11.4. The average Bonchev–Trinajstić information content (AvgIpc) is 2.53. The van der Waals surface area contributed by atoms with E-state index in [-0.39, 0.29) is 5.56 Å². The number of hydrogen-bond donors (Lipinski definition) is 0. The smallest absolute Gasteiger partial charge is 0.403 e. The van der Waals surface area contributed by atoms with Gasteiger partial charge < -0.3 is 4.74 Å². The van der Waals surface area contributed by atoms with Crippen LogP contribution in [0.3, 0.4) is 0 Å². The van der Waals surface area contributed by atoms with Crippen molar-refractivity contribution in [1.82, 2.24) is 0 Å². The summed E-state index contributed by atoms with van der Waals surface area (Å²) in [5, 5.41) is 7.55. The van der Waals surface area contributed by atoms with E-state index in [0.29, 0.717) is 0 Å². The van der Waals surface area contributed by atoms with Gasteiger partial charge in [-0.15, -0.1) is 13.2 Å². The first-order valence-corrected chi connectivity index (χ1v) is 7.08. The number of alkyl halides is 3. The van der Waals surface area contributed by atoms with E-state index in [1.807, 2.05) is 24.3 Å². The summed E-state index contributed by atoms with van der Waals surface area (Å²) in [6, 6.07) is 10.7. The van der Waals surface area contributed by atoms with Crippen molar-refractivity contribution in [1.29, 1.82) is 0 Å². The van der Waals surface area contributed by atoms with Gasteiger partial charge in [-0.1, -0.05) is 31.2 Å². The minimum absolute atomic E-state index is 0.264. The fourth-order valence-corrected chi connectivity index (χ4v) is 1.84. The SMILES string of the molecule is CCc1ccc(C=NN=Cc2ccc(OC(F)(F)F)c(F)c2)cc1. The Morgan fingerprint density at radius 3 is 2.08 bits per heavy atom. The molecule has 0 aliphatic heterocycles. The second-order valence-corrected chi connectivity index (χ2v) is 4.82. The van der Waals surface area contributed by atoms with Crippen LogP contribution in [-0.4, -0.2) is 18.8 Å². The third-order valence-corrected chi connectivity index (χ3v) is 3.05. The molecule has 7 heteroatoms. The Labute approximate surface area is 136 Å². The molecule has 0 fully saturated rings. The molecule has 0 unspecified atom stereocenters. The van der Waals surface area contributed by atoms with E-state index in [1.165, 1.54) is 24.1 Å². The van der Waals surface area contributed by atoms with Gasteiger partial charge in [0.1, 0.15) is 0 Å². The first-order valence-electron chi connectivity index (χ1n) is 7.08. The highest BCUT2D eigenvalue weighted by Crippen LogP contribution is 2.25.